The van der Waals surface area contributed by atoms with Crippen molar-refractivity contribution in [2.45, 2.75) is 0 Å². The second kappa shape index (κ2) is 5.85. The Labute approximate surface area is 126 Å². The first-order valence-electron chi connectivity index (χ1n) is 6.46. The fraction of sp³-hybridized carbons (Fsp3) is 0.0625. The summed E-state index contributed by atoms with van der Waals surface area (Å²) in [4.78, 5) is 22.7. The number of benzene rings is 1. The number of anilines is 1. The molecule has 0 saturated heterocycles. The van der Waals surface area contributed by atoms with Gasteiger partial charge in [0.05, 0.1) is 5.69 Å². The molecule has 0 aliphatic heterocycles. The number of rotatable bonds is 3. The van der Waals surface area contributed by atoms with E-state index in [1.54, 1.807) is 23.5 Å². The summed E-state index contributed by atoms with van der Waals surface area (Å²) in [5.41, 5.74) is 2.06. The first-order chi connectivity index (χ1) is 10.3. The van der Waals surface area contributed by atoms with Gasteiger partial charge in [0.1, 0.15) is 10.7 Å². The highest BCUT2D eigenvalue weighted by atomic mass is 32.1. The molecule has 21 heavy (non-hydrogen) atoms. The van der Waals surface area contributed by atoms with Crippen molar-refractivity contribution >= 4 is 22.9 Å². The van der Waals surface area contributed by atoms with Crippen LogP contribution in [0.3, 0.4) is 0 Å². The Morgan fingerprint density at radius 1 is 1.10 bits per heavy atom. The maximum atomic E-state index is 12.4. The van der Waals surface area contributed by atoms with E-state index in [1.165, 1.54) is 11.3 Å². The summed E-state index contributed by atoms with van der Waals surface area (Å²) in [6.07, 6.45) is 1.72. The number of hydrogen-bond donors (Lipinski definition) is 0. The highest BCUT2D eigenvalue weighted by Crippen LogP contribution is 2.23. The smallest absolute Gasteiger partial charge is 0.277 e. The molecule has 3 aromatic rings. The summed E-state index contributed by atoms with van der Waals surface area (Å²) in [6, 6.07) is 15.2. The number of nitrogens with zero attached hydrogens (tertiary/aromatic N) is 3. The Balaban J connectivity index is 1.85. The van der Waals surface area contributed by atoms with Gasteiger partial charge in [-0.2, -0.15) is 0 Å². The molecule has 1 aromatic carbocycles. The van der Waals surface area contributed by atoms with Crippen LogP contribution in [0.2, 0.25) is 0 Å². The average molecular weight is 295 g/mol. The van der Waals surface area contributed by atoms with E-state index >= 15 is 0 Å². The largest absolute Gasteiger partial charge is 0.310 e. The maximum Gasteiger partial charge on any atom is 0.277 e. The Kier molecular flexibility index (Phi) is 3.75. The van der Waals surface area contributed by atoms with E-state index in [9.17, 15) is 4.79 Å². The minimum absolute atomic E-state index is 0.125. The van der Waals surface area contributed by atoms with Gasteiger partial charge in [0, 0.05) is 24.3 Å². The lowest BCUT2D eigenvalue weighted by Crippen LogP contribution is -2.26. The second-order valence-electron chi connectivity index (χ2n) is 4.45. The highest BCUT2D eigenvalue weighted by molar-refractivity contribution is 7.13. The highest BCUT2D eigenvalue weighted by Gasteiger charge is 2.17. The number of amides is 1. The molecule has 5 heteroatoms. The molecule has 0 atom stereocenters. The van der Waals surface area contributed by atoms with Crippen LogP contribution in [0.25, 0.3) is 10.7 Å². The number of carbonyl (C=O) groups is 1. The molecule has 2 aromatic heterocycles. The zero-order chi connectivity index (χ0) is 14.7. The summed E-state index contributed by atoms with van der Waals surface area (Å²) in [5.74, 6) is -0.125. The van der Waals surface area contributed by atoms with Crippen LogP contribution >= 0.6 is 11.3 Å². The quantitative estimate of drug-likeness (QED) is 0.743. The van der Waals surface area contributed by atoms with Gasteiger partial charge in [-0.25, -0.2) is 4.98 Å². The van der Waals surface area contributed by atoms with Crippen molar-refractivity contribution in [1.82, 2.24) is 9.97 Å². The number of carbonyl (C=O) groups excluding carboxylic acids is 1. The predicted octanol–water partition coefficient (Wildman–Crippen LogP) is 3.48. The van der Waals surface area contributed by atoms with Crippen molar-refractivity contribution in [1.29, 1.82) is 0 Å². The standard InChI is InChI=1S/C16H13N3OS/c1-19(12-7-3-2-4-8-12)16(20)14-11-21-15(18-14)13-9-5-6-10-17-13/h2-11H,1H3. The van der Waals surface area contributed by atoms with E-state index in [4.69, 9.17) is 0 Å². The van der Waals surface area contributed by atoms with Crippen LogP contribution in [-0.4, -0.2) is 22.9 Å². The first-order valence-corrected chi connectivity index (χ1v) is 7.34. The van der Waals surface area contributed by atoms with Crippen molar-refractivity contribution in [3.63, 3.8) is 0 Å². The predicted molar refractivity (Wildman–Crippen MR) is 84.5 cm³/mol. The van der Waals surface area contributed by atoms with Crippen molar-refractivity contribution in [3.05, 3.63) is 65.8 Å². The summed E-state index contributed by atoms with van der Waals surface area (Å²) in [7, 11) is 1.75. The molecule has 4 nitrogen and oxygen atoms in total. The van der Waals surface area contributed by atoms with Gasteiger partial charge in [0.2, 0.25) is 0 Å². The van der Waals surface area contributed by atoms with E-state index < -0.39 is 0 Å². The lowest BCUT2D eigenvalue weighted by molar-refractivity contribution is 0.0989. The summed E-state index contributed by atoms with van der Waals surface area (Å²) in [6.45, 7) is 0. The molecule has 0 bridgehead atoms. The molecule has 0 unspecified atom stereocenters. The third kappa shape index (κ3) is 2.83. The van der Waals surface area contributed by atoms with E-state index in [2.05, 4.69) is 9.97 Å². The van der Waals surface area contributed by atoms with Crippen LogP contribution in [0.5, 0.6) is 0 Å². The van der Waals surface area contributed by atoms with Crippen molar-refractivity contribution in [3.8, 4) is 10.7 Å². The first kappa shape index (κ1) is 13.5. The maximum absolute atomic E-state index is 12.4. The lowest BCUT2D eigenvalue weighted by atomic mass is 10.3. The Bertz CT molecular complexity index is 740. The molecule has 0 saturated carbocycles. The van der Waals surface area contributed by atoms with Gasteiger partial charge >= 0.3 is 0 Å². The number of aromatic nitrogens is 2. The van der Waals surface area contributed by atoms with E-state index in [-0.39, 0.29) is 5.91 Å². The van der Waals surface area contributed by atoms with Crippen LogP contribution < -0.4 is 4.90 Å². The minimum atomic E-state index is -0.125. The molecule has 0 aliphatic rings. The molecular weight excluding hydrogens is 282 g/mol. The van der Waals surface area contributed by atoms with Gasteiger partial charge < -0.3 is 4.90 Å². The van der Waals surface area contributed by atoms with Crippen LogP contribution in [0.1, 0.15) is 10.5 Å². The SMILES string of the molecule is CN(C(=O)c1csc(-c2ccccn2)n1)c1ccccc1. The monoisotopic (exact) mass is 295 g/mol. The second-order valence-corrected chi connectivity index (χ2v) is 5.31. The molecule has 3 rings (SSSR count). The molecule has 0 radical (unpaired) electrons. The molecular formula is C16H13N3OS. The number of para-hydroxylation sites is 1. The van der Waals surface area contributed by atoms with Crippen LogP contribution in [-0.2, 0) is 0 Å². The normalized spacial score (nSPS) is 10.3. The lowest BCUT2D eigenvalue weighted by Gasteiger charge is -2.15. The molecule has 0 spiro atoms. The molecule has 0 N–H and O–H groups in total. The summed E-state index contributed by atoms with van der Waals surface area (Å²) in [5, 5.41) is 2.52. The van der Waals surface area contributed by atoms with Crippen LogP contribution in [0.4, 0.5) is 5.69 Å². The third-order valence-corrected chi connectivity index (χ3v) is 3.92. The van der Waals surface area contributed by atoms with Gasteiger partial charge in [-0.05, 0) is 24.3 Å². The Hall–Kier alpha value is -2.53. The fourth-order valence-electron chi connectivity index (χ4n) is 1.92. The molecule has 0 fully saturated rings. The fourth-order valence-corrected chi connectivity index (χ4v) is 2.69. The van der Waals surface area contributed by atoms with Gasteiger partial charge in [-0.3, -0.25) is 9.78 Å². The van der Waals surface area contributed by atoms with Gasteiger partial charge in [0.15, 0.2) is 0 Å². The van der Waals surface area contributed by atoms with Crippen molar-refractivity contribution < 1.29 is 4.79 Å². The van der Waals surface area contributed by atoms with E-state index in [0.717, 1.165) is 16.4 Å². The van der Waals surface area contributed by atoms with Gasteiger partial charge in [-0.1, -0.05) is 24.3 Å². The molecule has 2 heterocycles. The Morgan fingerprint density at radius 2 is 1.86 bits per heavy atom. The van der Waals surface area contributed by atoms with Crippen molar-refractivity contribution in [2.75, 3.05) is 11.9 Å². The number of thiazole rings is 1. The van der Waals surface area contributed by atoms with E-state index in [0.29, 0.717) is 5.69 Å². The molecule has 1 amide bonds. The van der Waals surface area contributed by atoms with Crippen molar-refractivity contribution in [2.24, 2.45) is 0 Å². The number of pyridine rings is 1. The summed E-state index contributed by atoms with van der Waals surface area (Å²) >= 11 is 1.42. The van der Waals surface area contributed by atoms with Crippen LogP contribution in [0, 0.1) is 0 Å². The van der Waals surface area contributed by atoms with E-state index in [1.807, 2.05) is 48.5 Å². The average Bonchev–Trinajstić information content (AvgIpc) is 3.05. The van der Waals surface area contributed by atoms with Crippen LogP contribution in [0.15, 0.2) is 60.1 Å². The molecule has 0 aliphatic carbocycles. The topological polar surface area (TPSA) is 46.1 Å². The Morgan fingerprint density at radius 3 is 2.57 bits per heavy atom. The zero-order valence-electron chi connectivity index (χ0n) is 11.4. The number of hydrogen-bond acceptors (Lipinski definition) is 4. The molecule has 104 valence electrons. The summed E-state index contributed by atoms with van der Waals surface area (Å²) < 4.78 is 0. The zero-order valence-corrected chi connectivity index (χ0v) is 12.2. The van der Waals surface area contributed by atoms with Gasteiger partial charge in [0.25, 0.3) is 5.91 Å². The minimum Gasteiger partial charge on any atom is -0.310 e. The van der Waals surface area contributed by atoms with Gasteiger partial charge in [-0.15, -0.1) is 11.3 Å². The third-order valence-electron chi connectivity index (χ3n) is 3.06.